The molecule has 2 aromatic rings. The number of nitrogens with zero attached hydrogens (tertiary/aromatic N) is 3. The molecule has 9 heteroatoms. The van der Waals surface area contributed by atoms with E-state index in [-0.39, 0.29) is 17.8 Å². The van der Waals surface area contributed by atoms with Crippen LogP contribution in [0.15, 0.2) is 27.8 Å². The van der Waals surface area contributed by atoms with Crippen LogP contribution in [0.25, 0.3) is 11.5 Å². The van der Waals surface area contributed by atoms with Gasteiger partial charge in [-0.15, -0.1) is 10.2 Å². The lowest BCUT2D eigenvalue weighted by Crippen LogP contribution is -2.45. The Morgan fingerprint density at radius 1 is 1.27 bits per heavy atom. The van der Waals surface area contributed by atoms with Crippen LogP contribution < -0.4 is 9.47 Å². The number of thioether (sulfide) groups is 1. The lowest BCUT2D eigenvalue weighted by Gasteiger charge is -2.30. The third-order valence-corrected chi connectivity index (χ3v) is 4.72. The van der Waals surface area contributed by atoms with Crippen LogP contribution in [0.3, 0.4) is 0 Å². The molecule has 0 radical (unpaired) electrons. The number of carbonyl (C=O) groups is 1. The summed E-state index contributed by atoms with van der Waals surface area (Å²) in [5, 5.41) is 8.40. The topological polar surface area (TPSA) is 86.9 Å². The van der Waals surface area contributed by atoms with Crippen molar-refractivity contribution in [1.82, 2.24) is 15.1 Å². The molecule has 1 unspecified atom stereocenters. The van der Waals surface area contributed by atoms with Crippen LogP contribution >= 0.6 is 11.8 Å². The molecular weight excluding hydrogens is 358 g/mol. The van der Waals surface area contributed by atoms with Crippen molar-refractivity contribution in [1.29, 1.82) is 0 Å². The van der Waals surface area contributed by atoms with E-state index in [9.17, 15) is 4.79 Å². The second-order valence-corrected chi connectivity index (χ2v) is 6.71. The molecule has 0 bridgehead atoms. The van der Waals surface area contributed by atoms with Gasteiger partial charge in [0.25, 0.3) is 5.22 Å². The van der Waals surface area contributed by atoms with E-state index in [4.69, 9.17) is 18.6 Å². The molecule has 8 nitrogen and oxygen atoms in total. The number of methoxy groups -OCH3 is 2. The summed E-state index contributed by atoms with van der Waals surface area (Å²) in [5.74, 6) is 1.88. The van der Waals surface area contributed by atoms with Crippen LogP contribution in [0, 0.1) is 0 Å². The average molecular weight is 379 g/mol. The Hall–Kier alpha value is -2.26. The Balaban J connectivity index is 1.64. The van der Waals surface area contributed by atoms with Gasteiger partial charge in [-0.3, -0.25) is 4.79 Å². The van der Waals surface area contributed by atoms with Gasteiger partial charge in [0, 0.05) is 24.7 Å². The average Bonchev–Trinajstić information content (AvgIpc) is 3.14. The number of morpholine rings is 1. The normalized spacial score (nSPS) is 17.2. The Kier molecular flexibility index (Phi) is 6.00. The van der Waals surface area contributed by atoms with Crippen molar-refractivity contribution in [2.24, 2.45) is 0 Å². The van der Waals surface area contributed by atoms with Gasteiger partial charge in [-0.2, -0.15) is 0 Å². The zero-order valence-electron chi connectivity index (χ0n) is 14.9. The molecule has 1 aliphatic rings. The summed E-state index contributed by atoms with van der Waals surface area (Å²) in [5.41, 5.74) is 0.689. The minimum absolute atomic E-state index is 0.0351. The van der Waals surface area contributed by atoms with Crippen LogP contribution in [-0.4, -0.2) is 66.8 Å². The third-order valence-electron chi connectivity index (χ3n) is 3.92. The van der Waals surface area contributed by atoms with E-state index in [1.165, 1.54) is 11.8 Å². The standard InChI is InChI=1S/C17H21N3O5S/c1-11-9-20(4-5-24-11)15(21)10-26-17-19-18-16(25-17)12-6-13(22-2)8-14(7-12)23-3/h6-8,11H,4-5,9-10H2,1-3H3. The summed E-state index contributed by atoms with van der Waals surface area (Å²) in [6.07, 6.45) is 0.0655. The second kappa shape index (κ2) is 8.41. The fraction of sp³-hybridized carbons (Fsp3) is 0.471. The Morgan fingerprint density at radius 2 is 2.00 bits per heavy atom. The number of rotatable bonds is 6. The van der Waals surface area contributed by atoms with E-state index in [1.54, 1.807) is 37.3 Å². The van der Waals surface area contributed by atoms with Crippen LogP contribution in [0.4, 0.5) is 0 Å². The molecule has 3 rings (SSSR count). The first-order chi connectivity index (χ1) is 12.6. The predicted molar refractivity (Wildman–Crippen MR) is 95.6 cm³/mol. The minimum atomic E-state index is 0.0351. The Bertz CT molecular complexity index is 744. The van der Waals surface area contributed by atoms with E-state index in [0.717, 1.165) is 0 Å². The van der Waals surface area contributed by atoms with Gasteiger partial charge in [0.1, 0.15) is 11.5 Å². The second-order valence-electron chi connectivity index (χ2n) is 5.78. The number of ether oxygens (including phenoxy) is 3. The van der Waals surface area contributed by atoms with Crippen molar-refractivity contribution >= 4 is 17.7 Å². The van der Waals surface area contributed by atoms with Crippen molar-refractivity contribution in [3.8, 4) is 23.0 Å². The molecule has 1 aromatic carbocycles. The largest absolute Gasteiger partial charge is 0.497 e. The van der Waals surface area contributed by atoms with Crippen molar-refractivity contribution in [2.75, 3.05) is 39.7 Å². The maximum absolute atomic E-state index is 12.3. The van der Waals surface area contributed by atoms with E-state index >= 15 is 0 Å². The minimum Gasteiger partial charge on any atom is -0.497 e. The predicted octanol–water partition coefficient (Wildman–Crippen LogP) is 2.09. The summed E-state index contributed by atoms with van der Waals surface area (Å²) in [4.78, 5) is 14.1. The van der Waals surface area contributed by atoms with Gasteiger partial charge in [0.15, 0.2) is 0 Å². The maximum atomic E-state index is 12.3. The van der Waals surface area contributed by atoms with Gasteiger partial charge in [-0.25, -0.2) is 0 Å². The molecule has 26 heavy (non-hydrogen) atoms. The van der Waals surface area contributed by atoms with Gasteiger partial charge >= 0.3 is 0 Å². The SMILES string of the molecule is COc1cc(OC)cc(-c2nnc(SCC(=O)N3CCOC(C)C3)o2)c1. The molecule has 0 N–H and O–H groups in total. The fourth-order valence-corrected chi connectivity index (χ4v) is 3.24. The van der Waals surface area contributed by atoms with Crippen LogP contribution in [0.5, 0.6) is 11.5 Å². The molecular formula is C17H21N3O5S. The number of benzene rings is 1. The summed E-state index contributed by atoms with van der Waals surface area (Å²) in [7, 11) is 3.15. The maximum Gasteiger partial charge on any atom is 0.277 e. The quantitative estimate of drug-likeness (QED) is 0.705. The number of hydrogen-bond acceptors (Lipinski definition) is 8. The molecule has 1 aromatic heterocycles. The van der Waals surface area contributed by atoms with E-state index < -0.39 is 0 Å². The zero-order chi connectivity index (χ0) is 18.5. The summed E-state index contributed by atoms with van der Waals surface area (Å²) in [6.45, 7) is 3.75. The van der Waals surface area contributed by atoms with Crippen molar-refractivity contribution < 1.29 is 23.4 Å². The van der Waals surface area contributed by atoms with E-state index in [0.29, 0.717) is 47.9 Å². The molecule has 0 aliphatic carbocycles. The Labute approximate surface area is 155 Å². The third kappa shape index (κ3) is 4.47. The summed E-state index contributed by atoms with van der Waals surface area (Å²) >= 11 is 1.22. The number of amides is 1. The lowest BCUT2D eigenvalue weighted by molar-refractivity contribution is -0.135. The highest BCUT2D eigenvalue weighted by molar-refractivity contribution is 7.99. The van der Waals surface area contributed by atoms with E-state index in [2.05, 4.69) is 10.2 Å². The first-order valence-electron chi connectivity index (χ1n) is 8.18. The molecule has 1 amide bonds. The zero-order valence-corrected chi connectivity index (χ0v) is 15.7. The molecule has 1 fully saturated rings. The number of aromatic nitrogens is 2. The smallest absolute Gasteiger partial charge is 0.277 e. The molecule has 1 aliphatic heterocycles. The monoisotopic (exact) mass is 379 g/mol. The molecule has 1 saturated heterocycles. The molecule has 0 saturated carbocycles. The number of hydrogen-bond donors (Lipinski definition) is 0. The lowest BCUT2D eigenvalue weighted by atomic mass is 10.2. The first-order valence-corrected chi connectivity index (χ1v) is 9.16. The summed E-state index contributed by atoms with van der Waals surface area (Å²) in [6, 6.07) is 5.33. The van der Waals surface area contributed by atoms with Gasteiger partial charge in [0.2, 0.25) is 11.8 Å². The first kappa shape index (κ1) is 18.5. The van der Waals surface area contributed by atoms with Gasteiger partial charge in [0.05, 0.1) is 32.7 Å². The van der Waals surface area contributed by atoms with Crippen LogP contribution in [-0.2, 0) is 9.53 Å². The highest BCUT2D eigenvalue weighted by Gasteiger charge is 2.22. The van der Waals surface area contributed by atoms with Gasteiger partial charge in [-0.05, 0) is 19.1 Å². The van der Waals surface area contributed by atoms with Crippen molar-refractivity contribution in [3.05, 3.63) is 18.2 Å². The molecule has 0 spiro atoms. The van der Waals surface area contributed by atoms with Crippen molar-refractivity contribution in [2.45, 2.75) is 18.3 Å². The van der Waals surface area contributed by atoms with Crippen molar-refractivity contribution in [3.63, 3.8) is 0 Å². The molecule has 1 atom stereocenters. The van der Waals surface area contributed by atoms with Crippen LogP contribution in [0.1, 0.15) is 6.92 Å². The van der Waals surface area contributed by atoms with Gasteiger partial charge in [-0.1, -0.05) is 11.8 Å². The highest BCUT2D eigenvalue weighted by Crippen LogP contribution is 2.30. The van der Waals surface area contributed by atoms with Crippen LogP contribution in [0.2, 0.25) is 0 Å². The molecule has 140 valence electrons. The summed E-state index contributed by atoms with van der Waals surface area (Å²) < 4.78 is 21.6. The highest BCUT2D eigenvalue weighted by atomic mass is 32.2. The van der Waals surface area contributed by atoms with E-state index in [1.807, 2.05) is 6.92 Å². The fourth-order valence-electron chi connectivity index (χ4n) is 2.58. The number of carbonyl (C=O) groups excluding carboxylic acids is 1. The van der Waals surface area contributed by atoms with Gasteiger partial charge < -0.3 is 23.5 Å². The molecule has 2 heterocycles. The Morgan fingerprint density at radius 3 is 2.65 bits per heavy atom.